The zero-order chi connectivity index (χ0) is 16.8. The second kappa shape index (κ2) is 5.92. The molecule has 1 aliphatic rings. The summed E-state index contributed by atoms with van der Waals surface area (Å²) in [5.74, 6) is 1.66. The maximum absolute atomic E-state index is 4.65. The van der Waals surface area contributed by atoms with E-state index in [4.69, 9.17) is 0 Å². The molecule has 0 atom stereocenters. The highest BCUT2D eigenvalue weighted by Crippen LogP contribution is 2.37. The maximum atomic E-state index is 4.65. The molecule has 4 aromatic heterocycles. The van der Waals surface area contributed by atoms with Crippen molar-refractivity contribution in [2.24, 2.45) is 7.05 Å². The van der Waals surface area contributed by atoms with Crippen molar-refractivity contribution in [3.8, 4) is 11.3 Å². The first-order valence-corrected chi connectivity index (χ1v) is 9.75. The van der Waals surface area contributed by atoms with Crippen molar-refractivity contribution in [2.75, 3.05) is 0 Å². The third kappa shape index (κ3) is 2.63. The van der Waals surface area contributed by atoms with Crippen LogP contribution in [0, 0.1) is 0 Å². The average molecular weight is 369 g/mol. The summed E-state index contributed by atoms with van der Waals surface area (Å²) in [7, 11) is 2.04. The number of aromatic nitrogens is 7. The minimum Gasteiger partial charge on any atom is -0.309 e. The summed E-state index contributed by atoms with van der Waals surface area (Å²) in [5, 5.41) is 14.2. The molecule has 5 rings (SSSR count). The van der Waals surface area contributed by atoms with Gasteiger partial charge in [0, 0.05) is 30.9 Å². The van der Waals surface area contributed by atoms with Crippen LogP contribution in [-0.4, -0.2) is 34.3 Å². The van der Waals surface area contributed by atoms with Gasteiger partial charge in [0.25, 0.3) is 0 Å². The number of imidazole rings is 1. The zero-order valence-electron chi connectivity index (χ0n) is 13.5. The maximum Gasteiger partial charge on any atom is 0.213 e. The highest BCUT2D eigenvalue weighted by atomic mass is 32.2. The number of nitrogens with zero attached hydrogens (tertiary/aromatic N) is 7. The summed E-state index contributed by atoms with van der Waals surface area (Å²) in [6.07, 6.45) is 9.24. The Hall–Kier alpha value is -2.26. The lowest BCUT2D eigenvalue weighted by Crippen LogP contribution is -2.14. The standard InChI is InChI=1S/C16H15N7S2/c1-22-13(10-4-2-5-10)19-20-15(22)25-16-21-23-9-12(18-14(23)24-16)11-6-3-7-17-8-11/h3,6-10H,2,4-5H2,1H3. The molecule has 126 valence electrons. The minimum atomic E-state index is 0.572. The molecule has 9 heteroatoms. The van der Waals surface area contributed by atoms with E-state index in [1.165, 1.54) is 19.3 Å². The summed E-state index contributed by atoms with van der Waals surface area (Å²) < 4.78 is 4.83. The van der Waals surface area contributed by atoms with Gasteiger partial charge in [-0.3, -0.25) is 4.98 Å². The van der Waals surface area contributed by atoms with Gasteiger partial charge in [-0.1, -0.05) is 17.8 Å². The number of fused-ring (bicyclic) bond motifs is 1. The first-order chi connectivity index (χ1) is 12.3. The highest BCUT2D eigenvalue weighted by Gasteiger charge is 2.26. The van der Waals surface area contributed by atoms with E-state index >= 15 is 0 Å². The number of pyridine rings is 1. The van der Waals surface area contributed by atoms with Crippen LogP contribution in [0.25, 0.3) is 16.2 Å². The lowest BCUT2D eigenvalue weighted by atomic mass is 9.85. The Balaban J connectivity index is 1.41. The van der Waals surface area contributed by atoms with E-state index in [0.717, 1.165) is 31.5 Å². The van der Waals surface area contributed by atoms with Crippen molar-refractivity contribution in [3.63, 3.8) is 0 Å². The average Bonchev–Trinajstić information content (AvgIpc) is 3.23. The molecule has 0 spiro atoms. The Morgan fingerprint density at radius 2 is 2.20 bits per heavy atom. The van der Waals surface area contributed by atoms with Gasteiger partial charge in [0.2, 0.25) is 4.96 Å². The Morgan fingerprint density at radius 3 is 2.92 bits per heavy atom. The van der Waals surface area contributed by atoms with Crippen LogP contribution in [0.2, 0.25) is 0 Å². The molecule has 1 fully saturated rings. The summed E-state index contributed by atoms with van der Waals surface area (Å²) in [6, 6.07) is 3.90. The Labute approximate surface area is 152 Å². The van der Waals surface area contributed by atoms with E-state index in [0.29, 0.717) is 5.92 Å². The predicted molar refractivity (Wildman–Crippen MR) is 95.8 cm³/mol. The lowest BCUT2D eigenvalue weighted by molar-refractivity contribution is 0.390. The van der Waals surface area contributed by atoms with E-state index < -0.39 is 0 Å². The van der Waals surface area contributed by atoms with Gasteiger partial charge in [-0.15, -0.1) is 15.3 Å². The Kier molecular flexibility index (Phi) is 3.56. The first kappa shape index (κ1) is 15.0. The molecule has 7 nitrogen and oxygen atoms in total. The van der Waals surface area contributed by atoms with Gasteiger partial charge in [0.05, 0.1) is 11.9 Å². The molecule has 1 saturated carbocycles. The molecule has 1 aliphatic carbocycles. The van der Waals surface area contributed by atoms with Crippen LogP contribution in [0.3, 0.4) is 0 Å². The van der Waals surface area contributed by atoms with Crippen LogP contribution in [0.5, 0.6) is 0 Å². The molecule has 0 bridgehead atoms. The van der Waals surface area contributed by atoms with Gasteiger partial charge < -0.3 is 4.57 Å². The fraction of sp³-hybridized carbons (Fsp3) is 0.312. The summed E-state index contributed by atoms with van der Waals surface area (Å²) in [4.78, 5) is 9.65. The quantitative estimate of drug-likeness (QED) is 0.549. The van der Waals surface area contributed by atoms with Crippen LogP contribution in [0.1, 0.15) is 31.0 Å². The van der Waals surface area contributed by atoms with Crippen molar-refractivity contribution in [1.29, 1.82) is 0 Å². The van der Waals surface area contributed by atoms with Crippen molar-refractivity contribution in [2.45, 2.75) is 34.7 Å². The molecule has 0 aromatic carbocycles. The second-order valence-corrected chi connectivity index (χ2v) is 8.26. The van der Waals surface area contributed by atoms with E-state index in [2.05, 4.69) is 29.8 Å². The predicted octanol–water partition coefficient (Wildman–Crippen LogP) is 3.40. The van der Waals surface area contributed by atoms with Crippen LogP contribution >= 0.6 is 23.1 Å². The number of hydrogen-bond donors (Lipinski definition) is 0. The molecule has 25 heavy (non-hydrogen) atoms. The van der Waals surface area contributed by atoms with Gasteiger partial charge in [0.15, 0.2) is 9.50 Å². The zero-order valence-corrected chi connectivity index (χ0v) is 15.2. The largest absolute Gasteiger partial charge is 0.309 e. The van der Waals surface area contributed by atoms with Crippen molar-refractivity contribution in [1.82, 2.24) is 34.3 Å². The summed E-state index contributed by atoms with van der Waals surface area (Å²) >= 11 is 3.10. The molecule has 0 N–H and O–H groups in total. The van der Waals surface area contributed by atoms with E-state index in [1.54, 1.807) is 29.3 Å². The molecule has 0 aliphatic heterocycles. The SMILES string of the molecule is Cn1c(Sc2nn3cc(-c4cccnc4)nc3s2)nnc1C1CCC1. The molecule has 0 saturated heterocycles. The van der Waals surface area contributed by atoms with Gasteiger partial charge in [-0.2, -0.15) is 0 Å². The van der Waals surface area contributed by atoms with Crippen molar-refractivity contribution in [3.05, 3.63) is 36.5 Å². The van der Waals surface area contributed by atoms with Gasteiger partial charge in [-0.05, 0) is 36.7 Å². The third-order valence-corrected chi connectivity index (χ3v) is 6.51. The smallest absolute Gasteiger partial charge is 0.213 e. The molecule has 0 unspecified atom stereocenters. The number of rotatable bonds is 4. The normalized spacial score (nSPS) is 14.9. The summed E-state index contributed by atoms with van der Waals surface area (Å²) in [6.45, 7) is 0. The number of hydrogen-bond acceptors (Lipinski definition) is 7. The molecule has 4 heterocycles. The van der Waals surface area contributed by atoms with Crippen LogP contribution in [0.15, 0.2) is 40.2 Å². The van der Waals surface area contributed by atoms with E-state index in [-0.39, 0.29) is 0 Å². The molecular formula is C16H15N7S2. The van der Waals surface area contributed by atoms with Crippen molar-refractivity contribution < 1.29 is 0 Å². The molecule has 0 amide bonds. The first-order valence-electron chi connectivity index (χ1n) is 8.12. The Bertz CT molecular complexity index is 998. The minimum absolute atomic E-state index is 0.572. The lowest BCUT2D eigenvalue weighted by Gasteiger charge is -2.23. The monoisotopic (exact) mass is 369 g/mol. The Morgan fingerprint density at radius 1 is 1.28 bits per heavy atom. The fourth-order valence-electron chi connectivity index (χ4n) is 2.89. The molecule has 4 aromatic rings. The van der Waals surface area contributed by atoms with E-state index in [1.807, 2.05) is 36.1 Å². The van der Waals surface area contributed by atoms with Gasteiger partial charge in [-0.25, -0.2) is 9.50 Å². The topological polar surface area (TPSA) is 73.8 Å². The third-order valence-electron chi connectivity index (χ3n) is 4.50. The van der Waals surface area contributed by atoms with Gasteiger partial charge in [0.1, 0.15) is 5.82 Å². The van der Waals surface area contributed by atoms with E-state index in [9.17, 15) is 0 Å². The van der Waals surface area contributed by atoms with Crippen LogP contribution in [0.4, 0.5) is 0 Å². The van der Waals surface area contributed by atoms with Crippen LogP contribution in [-0.2, 0) is 7.05 Å². The van der Waals surface area contributed by atoms with Gasteiger partial charge >= 0.3 is 0 Å². The van der Waals surface area contributed by atoms with Crippen molar-refractivity contribution >= 4 is 28.1 Å². The molecular weight excluding hydrogens is 354 g/mol. The fourth-order valence-corrected chi connectivity index (χ4v) is 4.72. The van der Waals surface area contributed by atoms with Crippen LogP contribution < -0.4 is 0 Å². The highest BCUT2D eigenvalue weighted by molar-refractivity contribution is 8.01. The summed E-state index contributed by atoms with van der Waals surface area (Å²) in [5.41, 5.74) is 1.88. The molecule has 0 radical (unpaired) electrons. The second-order valence-electron chi connectivity index (χ2n) is 6.09.